The van der Waals surface area contributed by atoms with Gasteiger partial charge in [0.2, 0.25) is 5.91 Å². The molecule has 0 aliphatic rings. The van der Waals surface area contributed by atoms with Crippen LogP contribution in [0.5, 0.6) is 0 Å². The normalized spacial score (nSPS) is 12.9. The van der Waals surface area contributed by atoms with Crippen molar-refractivity contribution in [2.24, 2.45) is 5.73 Å². The first-order valence-electron chi connectivity index (χ1n) is 4.48. The topological polar surface area (TPSA) is 69.1 Å². The van der Waals surface area contributed by atoms with Crippen molar-refractivity contribution in [2.45, 2.75) is 17.4 Å². The Labute approximate surface area is 90.8 Å². The Hall–Kier alpha value is -1.49. The van der Waals surface area contributed by atoms with Gasteiger partial charge in [-0.3, -0.25) is 4.79 Å². The molecule has 0 aliphatic carbocycles. The van der Waals surface area contributed by atoms with E-state index in [0.717, 1.165) is 11.1 Å². The number of aromatic nitrogens is 1. The summed E-state index contributed by atoms with van der Waals surface area (Å²) in [6.07, 6.45) is 0. The largest absolute Gasteiger partial charge is 0.431 e. The van der Waals surface area contributed by atoms with Gasteiger partial charge in [0.15, 0.2) is 5.58 Å². The summed E-state index contributed by atoms with van der Waals surface area (Å²) < 4.78 is 5.43. The summed E-state index contributed by atoms with van der Waals surface area (Å²) in [5.41, 5.74) is 6.66. The molecule has 1 amide bonds. The summed E-state index contributed by atoms with van der Waals surface area (Å²) >= 11 is 1.23. The molecule has 1 aromatic heterocycles. The number of para-hydroxylation sites is 2. The zero-order chi connectivity index (χ0) is 10.8. The Morgan fingerprint density at radius 1 is 1.53 bits per heavy atom. The molecule has 1 unspecified atom stereocenters. The Kier molecular flexibility index (Phi) is 2.64. The van der Waals surface area contributed by atoms with E-state index in [-0.39, 0.29) is 11.2 Å². The molecule has 2 N–H and O–H groups in total. The molecule has 1 aromatic carbocycles. The molecule has 0 saturated carbocycles. The number of hydrogen-bond donors (Lipinski definition) is 1. The number of amides is 1. The van der Waals surface area contributed by atoms with E-state index in [4.69, 9.17) is 10.2 Å². The summed E-state index contributed by atoms with van der Waals surface area (Å²) in [7, 11) is 0. The molecule has 0 saturated heterocycles. The molecule has 0 spiro atoms. The van der Waals surface area contributed by atoms with Gasteiger partial charge in [-0.2, -0.15) is 0 Å². The molecular formula is C10H10N2O2S. The Bertz CT molecular complexity index is 462. The van der Waals surface area contributed by atoms with Crippen LogP contribution in [-0.4, -0.2) is 16.1 Å². The summed E-state index contributed by atoms with van der Waals surface area (Å²) in [6, 6.07) is 7.45. The fourth-order valence-electron chi connectivity index (χ4n) is 1.11. The fraction of sp³-hybridized carbons (Fsp3) is 0.200. The quantitative estimate of drug-likeness (QED) is 0.804. The zero-order valence-corrected chi connectivity index (χ0v) is 8.95. The molecule has 4 nitrogen and oxygen atoms in total. The smallest absolute Gasteiger partial charge is 0.257 e. The van der Waals surface area contributed by atoms with Gasteiger partial charge in [-0.05, 0) is 19.1 Å². The van der Waals surface area contributed by atoms with E-state index in [1.165, 1.54) is 11.8 Å². The minimum absolute atomic E-state index is 0.335. The van der Waals surface area contributed by atoms with Crippen LogP contribution in [0.4, 0.5) is 0 Å². The first-order chi connectivity index (χ1) is 7.16. The number of nitrogens with two attached hydrogens (primary N) is 1. The molecule has 15 heavy (non-hydrogen) atoms. The van der Waals surface area contributed by atoms with Gasteiger partial charge < -0.3 is 10.2 Å². The Morgan fingerprint density at radius 3 is 2.93 bits per heavy atom. The molecule has 78 valence electrons. The van der Waals surface area contributed by atoms with Gasteiger partial charge in [0.05, 0.1) is 5.25 Å². The van der Waals surface area contributed by atoms with Crippen molar-refractivity contribution < 1.29 is 9.21 Å². The van der Waals surface area contributed by atoms with Crippen molar-refractivity contribution >= 4 is 28.8 Å². The number of nitrogens with zero attached hydrogens (tertiary/aromatic N) is 1. The molecule has 0 aliphatic heterocycles. The van der Waals surface area contributed by atoms with Crippen molar-refractivity contribution in [1.82, 2.24) is 4.98 Å². The third-order valence-corrected chi connectivity index (χ3v) is 2.91. The first-order valence-corrected chi connectivity index (χ1v) is 5.36. The van der Waals surface area contributed by atoms with E-state index >= 15 is 0 Å². The number of oxazole rings is 1. The van der Waals surface area contributed by atoms with Crippen LogP contribution >= 0.6 is 11.8 Å². The third kappa shape index (κ3) is 2.12. The van der Waals surface area contributed by atoms with Crippen LogP contribution < -0.4 is 5.73 Å². The second kappa shape index (κ2) is 3.94. The fourth-order valence-corrected chi connectivity index (χ4v) is 1.82. The number of hydrogen-bond acceptors (Lipinski definition) is 4. The van der Waals surface area contributed by atoms with Gasteiger partial charge in [0.1, 0.15) is 5.52 Å². The van der Waals surface area contributed by atoms with Crippen LogP contribution in [0.3, 0.4) is 0 Å². The van der Waals surface area contributed by atoms with Crippen molar-refractivity contribution in [3.05, 3.63) is 24.3 Å². The summed E-state index contributed by atoms with van der Waals surface area (Å²) in [5.74, 6) is -0.373. The molecule has 0 fully saturated rings. The van der Waals surface area contributed by atoms with E-state index in [1.54, 1.807) is 6.92 Å². The van der Waals surface area contributed by atoms with Crippen LogP contribution in [0.25, 0.3) is 11.1 Å². The first kappa shape index (κ1) is 10.0. The number of thioether (sulfide) groups is 1. The Morgan fingerprint density at radius 2 is 2.27 bits per heavy atom. The van der Waals surface area contributed by atoms with Gasteiger partial charge in [0.25, 0.3) is 5.22 Å². The molecule has 2 aromatic rings. The number of primary amides is 1. The molecule has 0 bridgehead atoms. The van der Waals surface area contributed by atoms with Gasteiger partial charge >= 0.3 is 0 Å². The molecular weight excluding hydrogens is 212 g/mol. The van der Waals surface area contributed by atoms with E-state index in [1.807, 2.05) is 24.3 Å². The number of carbonyl (C=O) groups excluding carboxylic acids is 1. The van der Waals surface area contributed by atoms with E-state index in [2.05, 4.69) is 4.98 Å². The monoisotopic (exact) mass is 222 g/mol. The van der Waals surface area contributed by atoms with Crippen LogP contribution in [0.2, 0.25) is 0 Å². The standard InChI is InChI=1S/C10H10N2O2S/c1-6(9(11)13)15-10-12-7-4-2-3-5-8(7)14-10/h2-6H,1H3,(H2,11,13). The van der Waals surface area contributed by atoms with Crippen LogP contribution in [0, 0.1) is 0 Å². The minimum atomic E-state index is -0.373. The van der Waals surface area contributed by atoms with Gasteiger partial charge in [-0.15, -0.1) is 0 Å². The zero-order valence-electron chi connectivity index (χ0n) is 8.14. The van der Waals surface area contributed by atoms with Crippen molar-refractivity contribution in [1.29, 1.82) is 0 Å². The predicted molar refractivity (Wildman–Crippen MR) is 58.5 cm³/mol. The number of carbonyl (C=O) groups is 1. The highest BCUT2D eigenvalue weighted by atomic mass is 32.2. The lowest BCUT2D eigenvalue weighted by Gasteiger charge is -2.00. The number of benzene rings is 1. The van der Waals surface area contributed by atoms with Crippen molar-refractivity contribution in [3.63, 3.8) is 0 Å². The van der Waals surface area contributed by atoms with Crippen molar-refractivity contribution in [2.75, 3.05) is 0 Å². The van der Waals surface area contributed by atoms with E-state index in [0.29, 0.717) is 5.22 Å². The molecule has 0 radical (unpaired) electrons. The third-order valence-electron chi connectivity index (χ3n) is 1.95. The number of rotatable bonds is 3. The maximum Gasteiger partial charge on any atom is 0.257 e. The molecule has 5 heteroatoms. The average molecular weight is 222 g/mol. The highest BCUT2D eigenvalue weighted by Crippen LogP contribution is 2.26. The van der Waals surface area contributed by atoms with Gasteiger partial charge in [0, 0.05) is 0 Å². The summed E-state index contributed by atoms with van der Waals surface area (Å²) in [5, 5.41) is 0.139. The lowest BCUT2D eigenvalue weighted by Crippen LogP contribution is -2.22. The van der Waals surface area contributed by atoms with Crippen molar-refractivity contribution in [3.8, 4) is 0 Å². The minimum Gasteiger partial charge on any atom is -0.431 e. The maximum absolute atomic E-state index is 10.9. The van der Waals surface area contributed by atoms with E-state index < -0.39 is 0 Å². The maximum atomic E-state index is 10.9. The van der Waals surface area contributed by atoms with Crippen LogP contribution in [0.15, 0.2) is 33.9 Å². The SMILES string of the molecule is CC(Sc1nc2ccccc2o1)C(N)=O. The summed E-state index contributed by atoms with van der Waals surface area (Å²) in [4.78, 5) is 15.1. The molecule has 1 atom stereocenters. The Balaban J connectivity index is 2.26. The van der Waals surface area contributed by atoms with Gasteiger partial charge in [-0.25, -0.2) is 4.98 Å². The van der Waals surface area contributed by atoms with Crippen LogP contribution in [0.1, 0.15) is 6.92 Å². The highest BCUT2D eigenvalue weighted by Gasteiger charge is 2.14. The van der Waals surface area contributed by atoms with Gasteiger partial charge in [-0.1, -0.05) is 23.9 Å². The second-order valence-corrected chi connectivity index (χ2v) is 4.40. The highest BCUT2D eigenvalue weighted by molar-refractivity contribution is 8.00. The number of fused-ring (bicyclic) bond motifs is 1. The average Bonchev–Trinajstić information content (AvgIpc) is 2.59. The summed E-state index contributed by atoms with van der Waals surface area (Å²) in [6.45, 7) is 1.72. The molecule has 1 heterocycles. The molecule has 2 rings (SSSR count). The van der Waals surface area contributed by atoms with Crippen LogP contribution in [-0.2, 0) is 4.79 Å². The lowest BCUT2D eigenvalue weighted by atomic mass is 10.3. The predicted octanol–water partition coefficient (Wildman–Crippen LogP) is 1.79. The second-order valence-electron chi connectivity index (χ2n) is 3.11. The lowest BCUT2D eigenvalue weighted by molar-refractivity contribution is -0.117. The van der Waals surface area contributed by atoms with E-state index in [9.17, 15) is 4.79 Å².